The number of carbonyl (C=O) groups is 1. The lowest BCUT2D eigenvalue weighted by Crippen LogP contribution is -2.37. The Hall–Kier alpha value is -0.730. The number of carbonyl (C=O) groups excluding carboxylic acids is 1. The number of hydrogen-bond donors (Lipinski definition) is 1. The van der Waals surface area contributed by atoms with Gasteiger partial charge in [-0.1, -0.05) is 20.8 Å². The van der Waals surface area contributed by atoms with Crippen molar-refractivity contribution in [3.05, 3.63) is 0 Å². The van der Waals surface area contributed by atoms with Gasteiger partial charge in [-0.3, -0.25) is 0 Å². The molecular formula is C11H23NO2. The van der Waals surface area contributed by atoms with Gasteiger partial charge in [0.2, 0.25) is 0 Å². The molecule has 0 spiro atoms. The summed E-state index contributed by atoms with van der Waals surface area (Å²) in [6, 6.07) is 0.341. The first kappa shape index (κ1) is 13.3. The van der Waals surface area contributed by atoms with E-state index >= 15 is 0 Å². The molecule has 1 rings (SSSR count). The molecule has 1 aliphatic rings. The van der Waals surface area contributed by atoms with Crippen LogP contribution in [0.2, 0.25) is 0 Å². The topological polar surface area (TPSA) is 38.3 Å². The van der Waals surface area contributed by atoms with Gasteiger partial charge >= 0.3 is 6.09 Å². The minimum absolute atomic E-state index is 0.297. The Bertz CT molecular complexity index is 151. The molecule has 3 nitrogen and oxygen atoms in total. The van der Waals surface area contributed by atoms with Gasteiger partial charge < -0.3 is 10.1 Å². The number of rotatable bonds is 1. The summed E-state index contributed by atoms with van der Waals surface area (Å²) in [5.41, 5.74) is 0. The third kappa shape index (κ3) is 5.10. The highest BCUT2D eigenvalue weighted by Crippen LogP contribution is 2.23. The fourth-order valence-corrected chi connectivity index (χ4v) is 1.63. The monoisotopic (exact) mass is 201 g/mol. The van der Waals surface area contributed by atoms with Crippen molar-refractivity contribution < 1.29 is 9.53 Å². The van der Waals surface area contributed by atoms with Crippen LogP contribution in [0, 0.1) is 5.92 Å². The molecule has 1 saturated carbocycles. The molecule has 0 saturated heterocycles. The molecule has 3 heteroatoms. The summed E-state index contributed by atoms with van der Waals surface area (Å²) in [6.45, 7) is 6.26. The Labute approximate surface area is 87.2 Å². The van der Waals surface area contributed by atoms with Gasteiger partial charge in [0.05, 0.1) is 7.11 Å². The van der Waals surface area contributed by atoms with E-state index < -0.39 is 0 Å². The zero-order chi connectivity index (χ0) is 11.0. The van der Waals surface area contributed by atoms with Crippen molar-refractivity contribution in [2.24, 2.45) is 5.92 Å². The predicted octanol–water partition coefficient (Wildman–Crippen LogP) is 2.95. The third-order valence-electron chi connectivity index (χ3n) is 2.52. The summed E-state index contributed by atoms with van der Waals surface area (Å²) in [5.74, 6) is 0.820. The Kier molecular flexibility index (Phi) is 7.25. The van der Waals surface area contributed by atoms with Crippen LogP contribution in [-0.2, 0) is 4.74 Å². The van der Waals surface area contributed by atoms with E-state index in [1.54, 1.807) is 0 Å². The summed E-state index contributed by atoms with van der Waals surface area (Å²) in [4.78, 5) is 10.8. The van der Waals surface area contributed by atoms with Crippen LogP contribution in [0.5, 0.6) is 0 Å². The number of methoxy groups -OCH3 is 1. The summed E-state index contributed by atoms with van der Waals surface area (Å²) >= 11 is 0. The quantitative estimate of drug-likeness (QED) is 0.708. The highest BCUT2D eigenvalue weighted by Gasteiger charge is 2.19. The maximum Gasteiger partial charge on any atom is 0.407 e. The molecule has 0 aromatic heterocycles. The zero-order valence-electron chi connectivity index (χ0n) is 9.80. The molecule has 0 radical (unpaired) electrons. The molecule has 0 aliphatic heterocycles. The minimum atomic E-state index is -0.297. The second-order valence-electron chi connectivity index (χ2n) is 3.59. The second kappa shape index (κ2) is 7.65. The summed E-state index contributed by atoms with van der Waals surface area (Å²) < 4.78 is 4.53. The van der Waals surface area contributed by atoms with E-state index in [4.69, 9.17) is 0 Å². The van der Waals surface area contributed by atoms with Crippen molar-refractivity contribution in [3.63, 3.8) is 0 Å². The molecule has 0 unspecified atom stereocenters. The van der Waals surface area contributed by atoms with Crippen molar-refractivity contribution in [1.29, 1.82) is 0 Å². The van der Waals surface area contributed by atoms with Gasteiger partial charge in [-0.2, -0.15) is 0 Å². The molecule has 0 heterocycles. The molecule has 1 aliphatic carbocycles. The first-order chi connectivity index (χ1) is 6.72. The van der Waals surface area contributed by atoms with Crippen LogP contribution < -0.4 is 5.32 Å². The molecule has 84 valence electrons. The SMILES string of the molecule is CC.COC(=O)NC1CCC(C)CC1. The highest BCUT2D eigenvalue weighted by atomic mass is 16.5. The summed E-state index contributed by atoms with van der Waals surface area (Å²) in [5, 5.41) is 2.83. The number of nitrogens with one attached hydrogen (secondary N) is 1. The molecular weight excluding hydrogens is 178 g/mol. The lowest BCUT2D eigenvalue weighted by atomic mass is 9.87. The molecule has 1 fully saturated rings. The van der Waals surface area contributed by atoms with Gasteiger partial charge in [-0.15, -0.1) is 0 Å². The average molecular weight is 201 g/mol. The highest BCUT2D eigenvalue weighted by molar-refractivity contribution is 5.67. The van der Waals surface area contributed by atoms with E-state index in [-0.39, 0.29) is 6.09 Å². The van der Waals surface area contributed by atoms with Crippen LogP contribution in [-0.4, -0.2) is 19.2 Å². The molecule has 0 aromatic rings. The summed E-state index contributed by atoms with van der Waals surface area (Å²) in [6.07, 6.45) is 4.32. The Balaban J connectivity index is 0.000000791. The Morgan fingerprint density at radius 2 is 1.71 bits per heavy atom. The van der Waals surface area contributed by atoms with Crippen LogP contribution in [0.3, 0.4) is 0 Å². The molecule has 14 heavy (non-hydrogen) atoms. The van der Waals surface area contributed by atoms with Gasteiger partial charge in [0.1, 0.15) is 0 Å². The van der Waals surface area contributed by atoms with E-state index in [1.165, 1.54) is 20.0 Å². The van der Waals surface area contributed by atoms with E-state index in [9.17, 15) is 4.79 Å². The second-order valence-corrected chi connectivity index (χ2v) is 3.59. The molecule has 0 aromatic carbocycles. The van der Waals surface area contributed by atoms with Crippen molar-refractivity contribution >= 4 is 6.09 Å². The zero-order valence-corrected chi connectivity index (χ0v) is 9.80. The van der Waals surface area contributed by atoms with Crippen LogP contribution in [0.15, 0.2) is 0 Å². The van der Waals surface area contributed by atoms with Crippen molar-refractivity contribution in [3.8, 4) is 0 Å². The fourth-order valence-electron chi connectivity index (χ4n) is 1.63. The van der Waals surface area contributed by atoms with Gasteiger partial charge in [-0.25, -0.2) is 4.79 Å². The largest absolute Gasteiger partial charge is 0.453 e. The molecule has 1 N–H and O–H groups in total. The maximum absolute atomic E-state index is 10.8. The van der Waals surface area contributed by atoms with Crippen molar-refractivity contribution in [1.82, 2.24) is 5.32 Å². The number of alkyl carbamates (subject to hydrolysis) is 1. The first-order valence-electron chi connectivity index (χ1n) is 5.57. The van der Waals surface area contributed by atoms with Gasteiger partial charge in [0, 0.05) is 6.04 Å². The smallest absolute Gasteiger partial charge is 0.407 e. The average Bonchev–Trinajstić information content (AvgIpc) is 2.24. The van der Waals surface area contributed by atoms with E-state index in [0.29, 0.717) is 6.04 Å². The van der Waals surface area contributed by atoms with Crippen LogP contribution in [0.1, 0.15) is 46.5 Å². The van der Waals surface area contributed by atoms with E-state index in [0.717, 1.165) is 18.8 Å². The van der Waals surface area contributed by atoms with Gasteiger partial charge in [-0.05, 0) is 31.6 Å². The molecule has 1 amide bonds. The van der Waals surface area contributed by atoms with Crippen LogP contribution >= 0.6 is 0 Å². The normalized spacial score (nSPS) is 25.7. The molecule has 0 atom stereocenters. The van der Waals surface area contributed by atoms with E-state index in [1.807, 2.05) is 13.8 Å². The van der Waals surface area contributed by atoms with Crippen molar-refractivity contribution in [2.75, 3.05) is 7.11 Å². The number of ether oxygens (including phenoxy) is 1. The Morgan fingerprint density at radius 3 is 2.14 bits per heavy atom. The standard InChI is InChI=1S/C9H17NO2.C2H6/c1-7-3-5-8(6-4-7)10-9(11)12-2;1-2/h7-8H,3-6H2,1-2H3,(H,10,11);1-2H3. The number of amides is 1. The molecule has 0 bridgehead atoms. The lowest BCUT2D eigenvalue weighted by molar-refractivity contribution is 0.161. The van der Waals surface area contributed by atoms with E-state index in [2.05, 4.69) is 17.0 Å². The Morgan fingerprint density at radius 1 is 1.21 bits per heavy atom. The number of hydrogen-bond acceptors (Lipinski definition) is 2. The third-order valence-corrected chi connectivity index (χ3v) is 2.52. The first-order valence-corrected chi connectivity index (χ1v) is 5.57. The predicted molar refractivity (Wildman–Crippen MR) is 58.3 cm³/mol. The van der Waals surface area contributed by atoms with Crippen molar-refractivity contribution in [2.45, 2.75) is 52.5 Å². The lowest BCUT2D eigenvalue weighted by Gasteiger charge is -2.26. The fraction of sp³-hybridized carbons (Fsp3) is 0.909. The van der Waals surface area contributed by atoms with Crippen LogP contribution in [0.25, 0.3) is 0 Å². The van der Waals surface area contributed by atoms with Crippen LogP contribution in [0.4, 0.5) is 4.79 Å². The van der Waals surface area contributed by atoms with Gasteiger partial charge in [0.25, 0.3) is 0 Å². The minimum Gasteiger partial charge on any atom is -0.453 e. The summed E-state index contributed by atoms with van der Waals surface area (Å²) in [7, 11) is 1.40. The maximum atomic E-state index is 10.8. The van der Waals surface area contributed by atoms with Gasteiger partial charge in [0.15, 0.2) is 0 Å².